The van der Waals surface area contributed by atoms with E-state index < -0.39 is 0 Å². The number of ether oxygens (including phenoxy) is 4. The summed E-state index contributed by atoms with van der Waals surface area (Å²) < 4.78 is 22.9. The molecule has 8 nitrogen and oxygen atoms in total. The number of halogens is 1. The summed E-state index contributed by atoms with van der Waals surface area (Å²) in [6.45, 7) is 3.87. The molecule has 0 bridgehead atoms. The van der Waals surface area contributed by atoms with Crippen LogP contribution in [0, 0.1) is 3.57 Å². The lowest BCUT2D eigenvalue weighted by molar-refractivity contribution is -0.123. The van der Waals surface area contributed by atoms with Crippen LogP contribution < -0.4 is 19.6 Å². The van der Waals surface area contributed by atoms with E-state index in [4.69, 9.17) is 18.9 Å². The molecule has 2 aliphatic heterocycles. The molecule has 0 unspecified atom stereocenters. The predicted octanol–water partition coefficient (Wildman–Crippen LogP) is 2.38. The highest BCUT2D eigenvalue weighted by Gasteiger charge is 2.14. The molecule has 0 atom stereocenters. The van der Waals surface area contributed by atoms with Crippen molar-refractivity contribution in [2.45, 2.75) is 6.61 Å². The summed E-state index contributed by atoms with van der Waals surface area (Å²) in [5, 5.41) is 4.05. The first-order valence-electron chi connectivity index (χ1n) is 9.60. The van der Waals surface area contributed by atoms with Crippen LogP contribution in [-0.4, -0.2) is 56.7 Å². The maximum atomic E-state index is 12.0. The number of carbonyl (C=O) groups is 1. The second-order valence-electron chi connectivity index (χ2n) is 6.85. The Bertz CT molecular complexity index is 931. The topological polar surface area (TPSA) is 81.6 Å². The molecule has 2 aromatic carbocycles. The number of morpholine rings is 1. The standard InChI is InChI=1S/C21H22IN3O5/c22-17-9-15(11-23-24-21(26)12-25-5-7-27-8-6-25)1-3-18(17)28-13-16-2-4-19-20(10-16)30-14-29-19/h1-4,9-11H,5-8,12-14H2,(H,24,26)/b23-11+. The van der Waals surface area contributed by atoms with E-state index >= 15 is 0 Å². The number of fused-ring (bicyclic) bond motifs is 1. The Morgan fingerprint density at radius 2 is 2.00 bits per heavy atom. The fraction of sp³-hybridized carbons (Fsp3) is 0.333. The van der Waals surface area contributed by atoms with Gasteiger partial charge in [-0.05, 0) is 64.0 Å². The fourth-order valence-corrected chi connectivity index (χ4v) is 3.78. The number of benzene rings is 2. The highest BCUT2D eigenvalue weighted by molar-refractivity contribution is 14.1. The van der Waals surface area contributed by atoms with Crippen LogP contribution in [0.3, 0.4) is 0 Å². The van der Waals surface area contributed by atoms with Crippen molar-refractivity contribution < 1.29 is 23.7 Å². The van der Waals surface area contributed by atoms with Gasteiger partial charge in [-0.15, -0.1) is 0 Å². The number of nitrogens with one attached hydrogen (secondary N) is 1. The van der Waals surface area contributed by atoms with Crippen LogP contribution in [0.25, 0.3) is 0 Å². The molecule has 30 heavy (non-hydrogen) atoms. The summed E-state index contributed by atoms with van der Waals surface area (Å²) in [7, 11) is 0. The number of hydrogen-bond donors (Lipinski definition) is 1. The zero-order chi connectivity index (χ0) is 20.8. The van der Waals surface area contributed by atoms with Crippen LogP contribution in [0.1, 0.15) is 11.1 Å². The predicted molar refractivity (Wildman–Crippen MR) is 119 cm³/mol. The molecule has 2 aliphatic rings. The normalized spacial score (nSPS) is 16.0. The second kappa shape index (κ2) is 10.1. The van der Waals surface area contributed by atoms with Gasteiger partial charge in [-0.1, -0.05) is 6.07 Å². The van der Waals surface area contributed by atoms with Crippen molar-refractivity contribution in [3.63, 3.8) is 0 Å². The van der Waals surface area contributed by atoms with Crippen molar-refractivity contribution in [3.8, 4) is 17.2 Å². The van der Waals surface area contributed by atoms with Crippen molar-refractivity contribution >= 4 is 34.7 Å². The minimum absolute atomic E-state index is 0.133. The number of amides is 1. The van der Waals surface area contributed by atoms with Crippen LogP contribution in [0.2, 0.25) is 0 Å². The van der Waals surface area contributed by atoms with Crippen LogP contribution in [0.15, 0.2) is 41.5 Å². The lowest BCUT2D eigenvalue weighted by Crippen LogP contribution is -2.42. The van der Waals surface area contributed by atoms with Crippen LogP contribution in [0.5, 0.6) is 17.2 Å². The Morgan fingerprint density at radius 1 is 1.17 bits per heavy atom. The first kappa shape index (κ1) is 20.9. The number of hydrazone groups is 1. The molecular weight excluding hydrogens is 501 g/mol. The minimum Gasteiger partial charge on any atom is -0.488 e. The molecule has 9 heteroatoms. The first-order valence-corrected chi connectivity index (χ1v) is 10.7. The molecule has 1 fully saturated rings. The van der Waals surface area contributed by atoms with Gasteiger partial charge in [0.1, 0.15) is 12.4 Å². The molecular formula is C21H22IN3O5. The van der Waals surface area contributed by atoms with E-state index in [0.29, 0.717) is 26.4 Å². The van der Waals surface area contributed by atoms with Gasteiger partial charge in [0, 0.05) is 13.1 Å². The smallest absolute Gasteiger partial charge is 0.254 e. The van der Waals surface area contributed by atoms with Crippen molar-refractivity contribution in [1.82, 2.24) is 10.3 Å². The molecule has 2 aromatic rings. The molecule has 4 rings (SSSR count). The first-order chi connectivity index (χ1) is 14.7. The van der Waals surface area contributed by atoms with E-state index in [1.54, 1.807) is 6.21 Å². The Morgan fingerprint density at radius 3 is 2.83 bits per heavy atom. The summed E-state index contributed by atoms with van der Waals surface area (Å²) in [6.07, 6.45) is 1.63. The third-order valence-electron chi connectivity index (χ3n) is 4.66. The van der Waals surface area contributed by atoms with Crippen LogP contribution in [-0.2, 0) is 16.1 Å². The molecule has 0 radical (unpaired) electrons. The second-order valence-corrected chi connectivity index (χ2v) is 8.01. The molecule has 1 N–H and O–H groups in total. The largest absolute Gasteiger partial charge is 0.488 e. The molecule has 158 valence electrons. The number of carbonyl (C=O) groups excluding carboxylic acids is 1. The number of rotatable bonds is 7. The van der Waals surface area contributed by atoms with E-state index in [-0.39, 0.29) is 12.7 Å². The van der Waals surface area contributed by atoms with E-state index in [9.17, 15) is 4.79 Å². The highest BCUT2D eigenvalue weighted by atomic mass is 127. The third kappa shape index (κ3) is 5.61. The Balaban J connectivity index is 1.27. The van der Waals surface area contributed by atoms with Gasteiger partial charge < -0.3 is 18.9 Å². The van der Waals surface area contributed by atoms with Crippen LogP contribution >= 0.6 is 22.6 Å². The van der Waals surface area contributed by atoms with Gasteiger partial charge in [-0.3, -0.25) is 9.69 Å². The molecule has 0 spiro atoms. The van der Waals surface area contributed by atoms with Gasteiger partial charge in [0.2, 0.25) is 6.79 Å². The van der Waals surface area contributed by atoms with Gasteiger partial charge in [0.05, 0.1) is 29.5 Å². The van der Waals surface area contributed by atoms with Gasteiger partial charge in [0.15, 0.2) is 11.5 Å². The average molecular weight is 523 g/mol. The van der Waals surface area contributed by atoms with Gasteiger partial charge in [-0.2, -0.15) is 5.10 Å². The lowest BCUT2D eigenvalue weighted by Gasteiger charge is -2.25. The number of hydrogen-bond acceptors (Lipinski definition) is 7. The summed E-state index contributed by atoms with van der Waals surface area (Å²) in [5.74, 6) is 2.15. The quantitative estimate of drug-likeness (QED) is 0.341. The lowest BCUT2D eigenvalue weighted by atomic mass is 10.2. The van der Waals surface area contributed by atoms with Crippen molar-refractivity contribution in [2.24, 2.45) is 5.10 Å². The van der Waals surface area contributed by atoms with Crippen molar-refractivity contribution in [2.75, 3.05) is 39.6 Å². The summed E-state index contributed by atoms with van der Waals surface area (Å²) in [5.41, 5.74) is 4.45. The minimum atomic E-state index is -0.133. The molecule has 1 saturated heterocycles. The van der Waals surface area contributed by atoms with Gasteiger partial charge in [0.25, 0.3) is 5.91 Å². The maximum Gasteiger partial charge on any atom is 0.254 e. The summed E-state index contributed by atoms with van der Waals surface area (Å²) >= 11 is 2.22. The van der Waals surface area contributed by atoms with E-state index in [2.05, 4.69) is 33.1 Å². The molecule has 0 saturated carbocycles. The number of nitrogens with zero attached hydrogens (tertiary/aromatic N) is 2. The van der Waals surface area contributed by atoms with E-state index in [1.165, 1.54) is 0 Å². The van der Waals surface area contributed by atoms with Crippen molar-refractivity contribution in [3.05, 3.63) is 51.1 Å². The summed E-state index contributed by atoms with van der Waals surface area (Å²) in [6, 6.07) is 11.5. The third-order valence-corrected chi connectivity index (χ3v) is 5.50. The van der Waals surface area contributed by atoms with E-state index in [1.807, 2.05) is 41.3 Å². The fourth-order valence-electron chi connectivity index (χ4n) is 3.08. The Labute approximate surface area is 188 Å². The van der Waals surface area contributed by atoms with E-state index in [0.717, 1.165) is 45.0 Å². The molecule has 2 heterocycles. The zero-order valence-corrected chi connectivity index (χ0v) is 18.5. The SMILES string of the molecule is O=C(CN1CCOCC1)N/N=C/c1ccc(OCc2ccc3c(c2)OCO3)c(I)c1. The van der Waals surface area contributed by atoms with Crippen molar-refractivity contribution in [1.29, 1.82) is 0 Å². The molecule has 1 amide bonds. The Hall–Kier alpha value is -2.37. The maximum absolute atomic E-state index is 12.0. The summed E-state index contributed by atoms with van der Waals surface area (Å²) in [4.78, 5) is 14.0. The monoisotopic (exact) mass is 523 g/mol. The van der Waals surface area contributed by atoms with Gasteiger partial charge in [-0.25, -0.2) is 5.43 Å². The average Bonchev–Trinajstić information content (AvgIpc) is 3.22. The van der Waals surface area contributed by atoms with Gasteiger partial charge >= 0.3 is 0 Å². The Kier molecular flexibility index (Phi) is 7.03. The molecule has 0 aromatic heterocycles. The van der Waals surface area contributed by atoms with Crippen LogP contribution in [0.4, 0.5) is 0 Å². The molecule has 0 aliphatic carbocycles. The highest BCUT2D eigenvalue weighted by Crippen LogP contribution is 2.33. The zero-order valence-electron chi connectivity index (χ0n) is 16.3.